The standard InChI is InChI=1S/C17H23ClFNO3/c1-17(2,3)23-16(22)20-7-6-11(10-20)15(21)9-12-8-13(19)4-5-14(12)18/h4-5,8,11,15,21H,6-7,9-10H2,1-3H3. The lowest BCUT2D eigenvalue weighted by molar-refractivity contribution is 0.0269. The van der Waals surface area contributed by atoms with E-state index in [9.17, 15) is 14.3 Å². The number of amides is 1. The van der Waals surface area contributed by atoms with Gasteiger partial charge in [0, 0.05) is 30.5 Å². The number of halogens is 2. The molecular formula is C17H23ClFNO3. The number of nitrogens with zero attached hydrogens (tertiary/aromatic N) is 1. The lowest BCUT2D eigenvalue weighted by Crippen LogP contribution is -2.36. The van der Waals surface area contributed by atoms with E-state index in [1.807, 2.05) is 20.8 Å². The van der Waals surface area contributed by atoms with Crippen LogP contribution in [-0.2, 0) is 11.2 Å². The molecule has 1 aromatic carbocycles. The van der Waals surface area contributed by atoms with E-state index in [1.165, 1.54) is 18.2 Å². The van der Waals surface area contributed by atoms with Gasteiger partial charge in [0.15, 0.2) is 0 Å². The van der Waals surface area contributed by atoms with Gasteiger partial charge >= 0.3 is 6.09 Å². The number of rotatable bonds is 3. The molecule has 0 aromatic heterocycles. The summed E-state index contributed by atoms with van der Waals surface area (Å²) in [6.45, 7) is 6.44. The molecule has 4 nitrogen and oxygen atoms in total. The molecule has 1 aliphatic rings. The molecule has 1 aromatic rings. The van der Waals surface area contributed by atoms with Crippen LogP contribution in [0.4, 0.5) is 9.18 Å². The molecule has 0 saturated carbocycles. The Balaban J connectivity index is 1.93. The quantitative estimate of drug-likeness (QED) is 0.911. The van der Waals surface area contributed by atoms with E-state index in [1.54, 1.807) is 4.90 Å². The van der Waals surface area contributed by atoms with Crippen LogP contribution in [0.15, 0.2) is 18.2 Å². The molecule has 128 valence electrons. The molecule has 1 fully saturated rings. The summed E-state index contributed by atoms with van der Waals surface area (Å²) in [7, 11) is 0. The van der Waals surface area contributed by atoms with Crippen molar-refractivity contribution in [2.75, 3.05) is 13.1 Å². The van der Waals surface area contributed by atoms with Crippen LogP contribution in [0.3, 0.4) is 0 Å². The van der Waals surface area contributed by atoms with Crippen LogP contribution in [0.25, 0.3) is 0 Å². The van der Waals surface area contributed by atoms with Crippen LogP contribution in [0, 0.1) is 11.7 Å². The third kappa shape index (κ3) is 5.08. The fourth-order valence-electron chi connectivity index (χ4n) is 2.69. The van der Waals surface area contributed by atoms with Crippen molar-refractivity contribution in [3.8, 4) is 0 Å². The molecular weight excluding hydrogens is 321 g/mol. The van der Waals surface area contributed by atoms with Gasteiger partial charge in [0.2, 0.25) is 0 Å². The first-order valence-corrected chi connectivity index (χ1v) is 8.13. The van der Waals surface area contributed by atoms with Crippen molar-refractivity contribution in [3.63, 3.8) is 0 Å². The molecule has 0 aliphatic carbocycles. The SMILES string of the molecule is CC(C)(C)OC(=O)N1CCC(C(O)Cc2cc(F)ccc2Cl)C1. The van der Waals surface area contributed by atoms with Crippen LogP contribution in [0.5, 0.6) is 0 Å². The van der Waals surface area contributed by atoms with Crippen molar-refractivity contribution in [1.82, 2.24) is 4.90 Å². The summed E-state index contributed by atoms with van der Waals surface area (Å²) in [5, 5.41) is 10.8. The molecule has 1 N–H and O–H groups in total. The monoisotopic (exact) mass is 343 g/mol. The number of aliphatic hydroxyl groups is 1. The van der Waals surface area contributed by atoms with E-state index in [4.69, 9.17) is 16.3 Å². The van der Waals surface area contributed by atoms with Gasteiger partial charge in [-0.15, -0.1) is 0 Å². The van der Waals surface area contributed by atoms with Gasteiger partial charge in [-0.05, 0) is 51.0 Å². The van der Waals surface area contributed by atoms with Crippen molar-refractivity contribution in [2.45, 2.75) is 45.3 Å². The largest absolute Gasteiger partial charge is 0.444 e. The predicted octanol–water partition coefficient (Wildman–Crippen LogP) is 3.64. The Bertz CT molecular complexity index is 573. The Morgan fingerprint density at radius 3 is 2.87 bits per heavy atom. The Morgan fingerprint density at radius 2 is 2.22 bits per heavy atom. The smallest absolute Gasteiger partial charge is 0.410 e. The third-order valence-electron chi connectivity index (χ3n) is 3.86. The lowest BCUT2D eigenvalue weighted by Gasteiger charge is -2.25. The van der Waals surface area contributed by atoms with Crippen molar-refractivity contribution in [2.24, 2.45) is 5.92 Å². The zero-order chi connectivity index (χ0) is 17.2. The molecule has 23 heavy (non-hydrogen) atoms. The summed E-state index contributed by atoms with van der Waals surface area (Å²) in [5.41, 5.74) is 0.0398. The molecule has 0 radical (unpaired) electrons. The van der Waals surface area contributed by atoms with Gasteiger partial charge in [0.25, 0.3) is 0 Å². The minimum Gasteiger partial charge on any atom is -0.444 e. The zero-order valence-electron chi connectivity index (χ0n) is 13.7. The number of benzene rings is 1. The lowest BCUT2D eigenvalue weighted by atomic mass is 9.95. The molecule has 2 unspecified atom stereocenters. The first kappa shape index (κ1) is 18.0. The highest BCUT2D eigenvalue weighted by molar-refractivity contribution is 6.31. The number of hydrogen-bond acceptors (Lipinski definition) is 3. The summed E-state index contributed by atoms with van der Waals surface area (Å²) in [6, 6.07) is 4.12. The highest BCUT2D eigenvalue weighted by Gasteiger charge is 2.33. The normalized spacial score (nSPS) is 19.7. The number of hydrogen-bond donors (Lipinski definition) is 1. The molecule has 2 rings (SSSR count). The van der Waals surface area contributed by atoms with Crippen LogP contribution in [0.2, 0.25) is 5.02 Å². The van der Waals surface area contributed by atoms with Crippen molar-refractivity contribution < 1.29 is 19.0 Å². The van der Waals surface area contributed by atoms with Gasteiger partial charge in [-0.2, -0.15) is 0 Å². The second-order valence-corrected chi connectivity index (χ2v) is 7.39. The van der Waals surface area contributed by atoms with Gasteiger partial charge in [-0.1, -0.05) is 11.6 Å². The van der Waals surface area contributed by atoms with Crippen molar-refractivity contribution in [3.05, 3.63) is 34.6 Å². The summed E-state index contributed by atoms with van der Waals surface area (Å²) in [6.07, 6.45) is -0.0887. The van der Waals surface area contributed by atoms with E-state index < -0.39 is 11.7 Å². The first-order chi connectivity index (χ1) is 10.7. The summed E-state index contributed by atoms with van der Waals surface area (Å²) < 4.78 is 18.6. The maximum Gasteiger partial charge on any atom is 0.410 e. The number of carbonyl (C=O) groups excluding carboxylic acids is 1. The highest BCUT2D eigenvalue weighted by atomic mass is 35.5. The van der Waals surface area contributed by atoms with Crippen LogP contribution in [0.1, 0.15) is 32.8 Å². The van der Waals surface area contributed by atoms with E-state index in [0.29, 0.717) is 30.1 Å². The van der Waals surface area contributed by atoms with Gasteiger partial charge < -0.3 is 14.7 Å². The Morgan fingerprint density at radius 1 is 1.52 bits per heavy atom. The van der Waals surface area contributed by atoms with Crippen LogP contribution in [-0.4, -0.2) is 40.9 Å². The fourth-order valence-corrected chi connectivity index (χ4v) is 2.88. The number of ether oxygens (including phenoxy) is 1. The average Bonchev–Trinajstić information content (AvgIpc) is 2.91. The van der Waals surface area contributed by atoms with E-state index in [2.05, 4.69) is 0 Å². The van der Waals surface area contributed by atoms with Crippen LogP contribution >= 0.6 is 11.6 Å². The highest BCUT2D eigenvalue weighted by Crippen LogP contribution is 2.26. The van der Waals surface area contributed by atoms with Crippen LogP contribution < -0.4 is 0 Å². The molecule has 6 heteroatoms. The molecule has 1 saturated heterocycles. The molecule has 0 bridgehead atoms. The minimum atomic E-state index is -0.679. The van der Waals surface area contributed by atoms with E-state index >= 15 is 0 Å². The topological polar surface area (TPSA) is 49.8 Å². The molecule has 1 amide bonds. The summed E-state index contributed by atoms with van der Waals surface area (Å²) in [4.78, 5) is 13.6. The molecule has 2 atom stereocenters. The molecule has 1 aliphatic heterocycles. The summed E-state index contributed by atoms with van der Waals surface area (Å²) >= 11 is 6.04. The number of carbonyl (C=O) groups is 1. The summed E-state index contributed by atoms with van der Waals surface area (Å²) in [5.74, 6) is -0.444. The average molecular weight is 344 g/mol. The van der Waals surface area contributed by atoms with Crippen molar-refractivity contribution in [1.29, 1.82) is 0 Å². The zero-order valence-corrected chi connectivity index (χ0v) is 14.4. The Hall–Kier alpha value is -1.33. The van der Waals surface area contributed by atoms with Crippen molar-refractivity contribution >= 4 is 17.7 Å². The maximum absolute atomic E-state index is 13.3. The third-order valence-corrected chi connectivity index (χ3v) is 4.23. The van der Waals surface area contributed by atoms with Gasteiger partial charge in [0.05, 0.1) is 6.10 Å². The number of aliphatic hydroxyl groups excluding tert-OH is 1. The first-order valence-electron chi connectivity index (χ1n) is 7.75. The van der Waals surface area contributed by atoms with E-state index in [0.717, 1.165) is 0 Å². The van der Waals surface area contributed by atoms with Gasteiger partial charge in [-0.25, -0.2) is 9.18 Å². The second kappa shape index (κ2) is 7.05. The second-order valence-electron chi connectivity index (χ2n) is 6.98. The molecule has 0 spiro atoms. The Labute approximate surface area is 141 Å². The van der Waals surface area contributed by atoms with Gasteiger partial charge in [0.1, 0.15) is 11.4 Å². The Kier molecular flexibility index (Phi) is 5.53. The fraction of sp³-hybridized carbons (Fsp3) is 0.588. The molecule has 1 heterocycles. The minimum absolute atomic E-state index is 0.0677. The predicted molar refractivity (Wildman–Crippen MR) is 87.0 cm³/mol. The number of likely N-dealkylation sites (tertiary alicyclic amines) is 1. The van der Waals surface area contributed by atoms with Gasteiger partial charge in [-0.3, -0.25) is 0 Å². The van der Waals surface area contributed by atoms with E-state index in [-0.39, 0.29) is 24.2 Å². The maximum atomic E-state index is 13.3.